The van der Waals surface area contributed by atoms with Crippen molar-refractivity contribution in [1.82, 2.24) is 4.57 Å². The highest BCUT2D eigenvalue weighted by molar-refractivity contribution is 5.98. The summed E-state index contributed by atoms with van der Waals surface area (Å²) >= 11 is 0. The average Bonchev–Trinajstić information content (AvgIpc) is 2.72. The van der Waals surface area contributed by atoms with Crippen LogP contribution in [0.15, 0.2) is 23.1 Å². The minimum Gasteiger partial charge on any atom is -0.477 e. The van der Waals surface area contributed by atoms with Crippen molar-refractivity contribution in [2.75, 3.05) is 23.7 Å². The van der Waals surface area contributed by atoms with Crippen LogP contribution in [-0.2, 0) is 6.61 Å². The molecule has 1 aliphatic heterocycles. The van der Waals surface area contributed by atoms with Gasteiger partial charge in [0.1, 0.15) is 11.4 Å². The fourth-order valence-corrected chi connectivity index (χ4v) is 4.57. The van der Waals surface area contributed by atoms with Crippen LogP contribution in [0.4, 0.5) is 20.2 Å². The minimum absolute atomic E-state index is 0.0151. The van der Waals surface area contributed by atoms with E-state index < -0.39 is 40.7 Å². The van der Waals surface area contributed by atoms with Gasteiger partial charge in [-0.2, -0.15) is 0 Å². The largest absolute Gasteiger partial charge is 0.477 e. The van der Waals surface area contributed by atoms with Gasteiger partial charge < -0.3 is 31.1 Å². The number of aliphatic hydroxyl groups excluding tert-OH is 1. The van der Waals surface area contributed by atoms with Gasteiger partial charge in [0.05, 0.1) is 34.6 Å². The highest BCUT2D eigenvalue weighted by Crippen LogP contribution is 2.38. The molecule has 1 fully saturated rings. The zero-order chi connectivity index (χ0) is 24.4. The Bertz CT molecular complexity index is 1390. The number of aryl methyl sites for hydroxylation is 2. The van der Waals surface area contributed by atoms with Gasteiger partial charge in [-0.1, -0.05) is 0 Å². The van der Waals surface area contributed by atoms with Crippen molar-refractivity contribution in [3.05, 3.63) is 62.4 Å². The van der Waals surface area contributed by atoms with Gasteiger partial charge in [0.2, 0.25) is 5.43 Å². The maximum absolute atomic E-state index is 15.5. The number of rotatable bonds is 4. The van der Waals surface area contributed by atoms with Crippen LogP contribution in [0.2, 0.25) is 0 Å². The van der Waals surface area contributed by atoms with Crippen LogP contribution >= 0.6 is 0 Å². The smallest absolute Gasteiger partial charge is 0.341 e. The molecule has 1 aromatic heterocycles. The molecule has 1 aliphatic rings. The van der Waals surface area contributed by atoms with Gasteiger partial charge in [-0.25, -0.2) is 13.6 Å². The van der Waals surface area contributed by atoms with Crippen molar-refractivity contribution in [2.24, 2.45) is 5.73 Å². The molecule has 3 aromatic rings. The predicted octanol–water partition coefficient (Wildman–Crippen LogP) is 2.20. The zero-order valence-electron chi connectivity index (χ0n) is 18.4. The summed E-state index contributed by atoms with van der Waals surface area (Å²) in [5, 5.41) is 19.4. The van der Waals surface area contributed by atoms with Gasteiger partial charge in [0, 0.05) is 41.5 Å². The average molecular weight is 458 g/mol. The van der Waals surface area contributed by atoms with E-state index in [2.05, 4.69) is 0 Å². The number of nitrogens with zero attached hydrogens (tertiary/aromatic N) is 2. The van der Waals surface area contributed by atoms with E-state index in [1.165, 1.54) is 17.6 Å². The molecule has 6 N–H and O–H groups in total. The van der Waals surface area contributed by atoms with Gasteiger partial charge in [-0.05, 0) is 32.9 Å². The first-order valence-electron chi connectivity index (χ1n) is 10.2. The molecule has 0 amide bonds. The number of carbonyl (C=O) groups is 1. The second kappa shape index (κ2) is 7.53. The first-order chi connectivity index (χ1) is 15.4. The third kappa shape index (κ3) is 3.42. The second-order valence-electron chi connectivity index (χ2n) is 8.85. The summed E-state index contributed by atoms with van der Waals surface area (Å²) in [5.41, 5.74) is 10.8. The summed E-state index contributed by atoms with van der Waals surface area (Å²) in [6, 6.07) is 2.28. The van der Waals surface area contributed by atoms with E-state index in [1.807, 2.05) is 6.92 Å². The van der Waals surface area contributed by atoms with E-state index >= 15 is 4.39 Å². The fraction of sp³-hybridized carbons (Fsp3) is 0.304. The number of aromatic carboxylic acids is 1. The number of halogens is 2. The Morgan fingerprint density at radius 3 is 2.39 bits per heavy atom. The molecule has 2 heterocycles. The molecule has 0 spiro atoms. The molecule has 174 valence electrons. The Morgan fingerprint density at radius 1 is 1.21 bits per heavy atom. The molecule has 10 heteroatoms. The van der Waals surface area contributed by atoms with Crippen LogP contribution in [-0.4, -0.2) is 39.4 Å². The molecule has 0 radical (unpaired) electrons. The van der Waals surface area contributed by atoms with Crippen LogP contribution in [0.1, 0.15) is 34.0 Å². The number of carboxylic acids is 1. The lowest BCUT2D eigenvalue weighted by Crippen LogP contribution is -2.66. The quantitative estimate of drug-likeness (QED) is 0.440. The molecule has 8 nitrogen and oxygen atoms in total. The molecule has 0 aliphatic carbocycles. The monoisotopic (exact) mass is 458 g/mol. The SMILES string of the molecule is Cc1c(F)c(N2CC(C)(N)C2)c(C)c2c1c(=O)c(C(=O)O)cn2-c1cc(N)c(F)cc1CO. The van der Waals surface area contributed by atoms with Crippen molar-refractivity contribution >= 4 is 28.2 Å². The summed E-state index contributed by atoms with van der Waals surface area (Å²) in [5.74, 6) is -2.89. The standard InChI is InChI=1S/C23H24F2N4O4/c1-10-17-19(11(2)20(18(10)25)28-8-23(3,27)9-28)29(6-13(21(17)31)22(32)33)16-5-15(26)14(24)4-12(16)7-30/h4-6,30H,7-9,26-27H2,1-3H3,(H,32,33). The molecule has 0 saturated carbocycles. The molecule has 0 bridgehead atoms. The van der Waals surface area contributed by atoms with Crippen LogP contribution in [0.25, 0.3) is 16.6 Å². The number of aliphatic hydroxyl groups is 1. The number of hydrogen-bond acceptors (Lipinski definition) is 6. The van der Waals surface area contributed by atoms with Gasteiger partial charge in [0.15, 0.2) is 5.82 Å². The van der Waals surface area contributed by atoms with E-state index in [-0.39, 0.29) is 39.1 Å². The first kappa shape index (κ1) is 22.7. The van der Waals surface area contributed by atoms with E-state index in [0.29, 0.717) is 18.7 Å². The number of aromatic nitrogens is 1. The predicted molar refractivity (Wildman–Crippen MR) is 121 cm³/mol. The van der Waals surface area contributed by atoms with Crippen LogP contribution < -0.4 is 21.8 Å². The molecule has 4 rings (SSSR count). The maximum atomic E-state index is 15.5. The maximum Gasteiger partial charge on any atom is 0.341 e. The number of nitrogens with two attached hydrogens (primary N) is 2. The topological polar surface area (TPSA) is 135 Å². The first-order valence-corrected chi connectivity index (χ1v) is 10.2. The Morgan fingerprint density at radius 2 is 1.85 bits per heavy atom. The normalized spacial score (nSPS) is 15.1. The number of benzene rings is 2. The van der Waals surface area contributed by atoms with Crippen molar-refractivity contribution in [2.45, 2.75) is 32.9 Å². The molecule has 0 unspecified atom stereocenters. The molecule has 2 aromatic carbocycles. The van der Waals surface area contributed by atoms with Crippen LogP contribution in [0.5, 0.6) is 0 Å². The molecule has 0 atom stereocenters. The van der Waals surface area contributed by atoms with Gasteiger partial charge in [0.25, 0.3) is 0 Å². The summed E-state index contributed by atoms with van der Waals surface area (Å²) in [6.45, 7) is 5.07. The number of hydrogen-bond donors (Lipinski definition) is 4. The number of fused-ring (bicyclic) bond motifs is 1. The zero-order valence-corrected chi connectivity index (χ0v) is 18.4. The second-order valence-corrected chi connectivity index (χ2v) is 8.85. The van der Waals surface area contributed by atoms with E-state index in [1.54, 1.807) is 11.8 Å². The highest BCUT2D eigenvalue weighted by Gasteiger charge is 2.38. The molecule has 1 saturated heterocycles. The molecular formula is C23H24F2N4O4. The van der Waals surface area contributed by atoms with Gasteiger partial charge >= 0.3 is 5.97 Å². The number of pyridine rings is 1. The van der Waals surface area contributed by atoms with Crippen LogP contribution in [0, 0.1) is 25.5 Å². The number of anilines is 2. The Kier molecular flexibility index (Phi) is 5.18. The molecular weight excluding hydrogens is 434 g/mol. The number of carboxylic acid groups (broad SMARTS) is 1. The lowest BCUT2D eigenvalue weighted by Gasteiger charge is -2.47. The van der Waals surface area contributed by atoms with E-state index in [4.69, 9.17) is 11.5 Å². The lowest BCUT2D eigenvalue weighted by molar-refractivity contribution is 0.0695. The van der Waals surface area contributed by atoms with Crippen LogP contribution in [0.3, 0.4) is 0 Å². The lowest BCUT2D eigenvalue weighted by atomic mass is 9.90. The Balaban J connectivity index is 2.18. The molecule has 33 heavy (non-hydrogen) atoms. The summed E-state index contributed by atoms with van der Waals surface area (Å²) in [6.07, 6.45) is 1.09. The third-order valence-corrected chi connectivity index (χ3v) is 6.11. The van der Waals surface area contributed by atoms with E-state index in [9.17, 15) is 24.2 Å². The summed E-state index contributed by atoms with van der Waals surface area (Å²) in [7, 11) is 0. The van der Waals surface area contributed by atoms with E-state index in [0.717, 1.165) is 12.3 Å². The van der Waals surface area contributed by atoms with Gasteiger partial charge in [-0.15, -0.1) is 0 Å². The fourth-order valence-electron chi connectivity index (χ4n) is 4.57. The number of nitrogen functional groups attached to an aromatic ring is 1. The Hall–Kier alpha value is -3.50. The van der Waals surface area contributed by atoms with Gasteiger partial charge in [-0.3, -0.25) is 4.79 Å². The van der Waals surface area contributed by atoms with Crippen molar-refractivity contribution in [3.63, 3.8) is 0 Å². The summed E-state index contributed by atoms with van der Waals surface area (Å²) < 4.78 is 31.0. The van der Waals surface area contributed by atoms with Crippen molar-refractivity contribution < 1.29 is 23.8 Å². The summed E-state index contributed by atoms with van der Waals surface area (Å²) in [4.78, 5) is 26.7. The van der Waals surface area contributed by atoms with Crippen molar-refractivity contribution in [1.29, 1.82) is 0 Å². The highest BCUT2D eigenvalue weighted by atomic mass is 19.1. The van der Waals surface area contributed by atoms with Crippen molar-refractivity contribution in [3.8, 4) is 5.69 Å². The minimum atomic E-state index is -1.50. The Labute approximate surface area is 187 Å². The third-order valence-electron chi connectivity index (χ3n) is 6.11.